The van der Waals surface area contributed by atoms with Gasteiger partial charge < -0.3 is 4.74 Å². The van der Waals surface area contributed by atoms with E-state index in [4.69, 9.17) is 4.74 Å². The topological polar surface area (TPSA) is 43.4 Å². The molecule has 0 aromatic heterocycles. The third kappa shape index (κ3) is 1.41. The van der Waals surface area contributed by atoms with Crippen LogP contribution in [0.1, 0.15) is 40.0 Å². The summed E-state index contributed by atoms with van der Waals surface area (Å²) in [6, 6.07) is 9.10. The first kappa shape index (κ1) is 13.3. The maximum Gasteiger partial charge on any atom is 0.318 e. The van der Waals surface area contributed by atoms with Crippen molar-refractivity contribution in [1.82, 2.24) is 0 Å². The zero-order valence-electron chi connectivity index (χ0n) is 12.2. The normalized spacial score (nSPS) is 34.2. The number of benzene rings is 1. The van der Waals surface area contributed by atoms with Crippen LogP contribution in [0.15, 0.2) is 30.3 Å². The highest BCUT2D eigenvalue weighted by molar-refractivity contribution is 5.98. The van der Waals surface area contributed by atoms with Crippen molar-refractivity contribution in [1.29, 1.82) is 0 Å². The number of esters is 1. The van der Waals surface area contributed by atoms with Crippen molar-refractivity contribution in [3.8, 4) is 5.75 Å². The average Bonchev–Trinajstić information content (AvgIpc) is 2.70. The van der Waals surface area contributed by atoms with E-state index >= 15 is 0 Å². The second-order valence-electron chi connectivity index (χ2n) is 6.84. The molecule has 0 N–H and O–H groups in total. The van der Waals surface area contributed by atoms with Crippen LogP contribution in [0.3, 0.4) is 0 Å². The Labute approximate surface area is 119 Å². The van der Waals surface area contributed by atoms with E-state index < -0.39 is 5.41 Å². The molecule has 1 aromatic rings. The molecule has 3 heteroatoms. The molecule has 0 saturated heterocycles. The number of hydrogen-bond donors (Lipinski definition) is 0. The van der Waals surface area contributed by atoms with Crippen LogP contribution in [0.25, 0.3) is 0 Å². The van der Waals surface area contributed by atoms with Crippen LogP contribution < -0.4 is 4.74 Å². The van der Waals surface area contributed by atoms with Gasteiger partial charge in [0.1, 0.15) is 11.5 Å². The summed E-state index contributed by atoms with van der Waals surface area (Å²) in [5, 5.41) is 0. The van der Waals surface area contributed by atoms with E-state index in [1.165, 1.54) is 0 Å². The summed E-state index contributed by atoms with van der Waals surface area (Å²) >= 11 is 0. The summed E-state index contributed by atoms with van der Waals surface area (Å²) in [5.74, 6) is 0.512. The molecular formula is C17H20O3. The monoisotopic (exact) mass is 272 g/mol. The van der Waals surface area contributed by atoms with Gasteiger partial charge in [0, 0.05) is 11.8 Å². The van der Waals surface area contributed by atoms with Gasteiger partial charge in [-0.25, -0.2) is 0 Å². The summed E-state index contributed by atoms with van der Waals surface area (Å²) in [5.41, 5.74) is -1.39. The number of Topliss-reactive ketones (excluding diaryl/α,β-unsaturated/α-hetero) is 1. The van der Waals surface area contributed by atoms with Crippen LogP contribution in [-0.2, 0) is 9.59 Å². The van der Waals surface area contributed by atoms with Crippen molar-refractivity contribution in [3.05, 3.63) is 30.3 Å². The summed E-state index contributed by atoms with van der Waals surface area (Å²) in [6.07, 6.45) is 1.85. The Balaban J connectivity index is 1.94. The van der Waals surface area contributed by atoms with E-state index in [1.54, 1.807) is 12.1 Å². The molecule has 0 amide bonds. The lowest BCUT2D eigenvalue weighted by atomic mass is 9.65. The average molecular weight is 272 g/mol. The number of carbonyl (C=O) groups excluding carboxylic acids is 2. The van der Waals surface area contributed by atoms with E-state index in [-0.39, 0.29) is 22.6 Å². The van der Waals surface area contributed by atoms with Gasteiger partial charge in [-0.2, -0.15) is 0 Å². The predicted octanol–water partition coefficient (Wildman–Crippen LogP) is 3.38. The van der Waals surface area contributed by atoms with E-state index in [2.05, 4.69) is 0 Å². The minimum absolute atomic E-state index is 0.207. The lowest BCUT2D eigenvalue weighted by molar-refractivity contribution is -0.151. The molecule has 3 rings (SSSR count). The fourth-order valence-electron chi connectivity index (χ4n) is 4.01. The van der Waals surface area contributed by atoms with Crippen molar-refractivity contribution < 1.29 is 14.3 Å². The first-order chi connectivity index (χ1) is 9.33. The Bertz CT molecular complexity index is 575. The minimum Gasteiger partial charge on any atom is -0.426 e. The standard InChI is InChI=1S/C17H20O3/c1-15(2)16(3)9-10-17(15,11-13(16)18)14(19)20-12-7-5-4-6-8-12/h4-8H,9-11H2,1-3H3. The van der Waals surface area contributed by atoms with Crippen molar-refractivity contribution in [2.24, 2.45) is 16.2 Å². The molecule has 0 aliphatic heterocycles. The van der Waals surface area contributed by atoms with Crippen LogP contribution in [0.4, 0.5) is 0 Å². The summed E-state index contributed by atoms with van der Waals surface area (Å²) in [6.45, 7) is 6.08. The molecule has 0 radical (unpaired) electrons. The first-order valence-electron chi connectivity index (χ1n) is 7.14. The number of ether oxygens (including phenoxy) is 1. The fourth-order valence-corrected chi connectivity index (χ4v) is 4.01. The number of para-hydroxylation sites is 1. The van der Waals surface area contributed by atoms with E-state index in [9.17, 15) is 9.59 Å². The second kappa shape index (κ2) is 3.94. The lowest BCUT2D eigenvalue weighted by Crippen LogP contribution is -2.42. The van der Waals surface area contributed by atoms with E-state index in [0.717, 1.165) is 12.8 Å². The third-order valence-electron chi connectivity index (χ3n) is 6.05. The van der Waals surface area contributed by atoms with Gasteiger partial charge in [-0.05, 0) is 30.4 Å². The van der Waals surface area contributed by atoms with Gasteiger partial charge in [-0.1, -0.05) is 39.0 Å². The minimum atomic E-state index is -0.658. The molecule has 2 unspecified atom stereocenters. The SMILES string of the molecule is CC12CCC(C(=O)Oc3ccccc3)(CC1=O)C2(C)C. The van der Waals surface area contributed by atoms with Gasteiger partial charge in [0.25, 0.3) is 0 Å². The summed E-state index contributed by atoms with van der Waals surface area (Å²) < 4.78 is 5.56. The maximum absolute atomic E-state index is 12.7. The molecule has 2 bridgehead atoms. The summed E-state index contributed by atoms with van der Waals surface area (Å²) in [4.78, 5) is 25.1. The van der Waals surface area contributed by atoms with E-state index in [1.807, 2.05) is 39.0 Å². The number of ketones is 1. The van der Waals surface area contributed by atoms with Gasteiger partial charge in [-0.15, -0.1) is 0 Å². The quantitative estimate of drug-likeness (QED) is 0.612. The molecule has 2 aliphatic rings. The van der Waals surface area contributed by atoms with Gasteiger partial charge >= 0.3 is 5.97 Å². The Hall–Kier alpha value is -1.64. The van der Waals surface area contributed by atoms with Crippen LogP contribution >= 0.6 is 0 Å². The number of hydrogen-bond acceptors (Lipinski definition) is 3. The van der Waals surface area contributed by atoms with Gasteiger partial charge in [0.05, 0.1) is 5.41 Å². The van der Waals surface area contributed by atoms with E-state index in [0.29, 0.717) is 12.2 Å². The summed E-state index contributed by atoms with van der Waals surface area (Å²) in [7, 11) is 0. The third-order valence-corrected chi connectivity index (χ3v) is 6.05. The molecule has 2 aliphatic carbocycles. The highest BCUT2D eigenvalue weighted by Gasteiger charge is 2.73. The van der Waals surface area contributed by atoms with Crippen LogP contribution in [-0.4, -0.2) is 11.8 Å². The molecule has 2 saturated carbocycles. The van der Waals surface area contributed by atoms with Crippen LogP contribution in [0.5, 0.6) is 5.75 Å². The molecule has 20 heavy (non-hydrogen) atoms. The van der Waals surface area contributed by atoms with Crippen molar-refractivity contribution >= 4 is 11.8 Å². The Morgan fingerprint density at radius 2 is 1.75 bits per heavy atom. The predicted molar refractivity (Wildman–Crippen MR) is 75.3 cm³/mol. The Morgan fingerprint density at radius 3 is 2.25 bits per heavy atom. The zero-order valence-corrected chi connectivity index (χ0v) is 12.2. The molecule has 3 nitrogen and oxygen atoms in total. The van der Waals surface area contributed by atoms with Crippen LogP contribution in [0, 0.1) is 16.2 Å². The molecule has 2 atom stereocenters. The molecule has 106 valence electrons. The van der Waals surface area contributed by atoms with Crippen molar-refractivity contribution in [2.75, 3.05) is 0 Å². The lowest BCUT2D eigenvalue weighted by Gasteiger charge is -2.37. The molecular weight excluding hydrogens is 252 g/mol. The molecule has 2 fully saturated rings. The largest absolute Gasteiger partial charge is 0.426 e. The van der Waals surface area contributed by atoms with Gasteiger partial charge in [0.15, 0.2) is 0 Å². The van der Waals surface area contributed by atoms with Gasteiger partial charge in [0.2, 0.25) is 0 Å². The highest BCUT2D eigenvalue weighted by Crippen LogP contribution is 2.70. The Kier molecular flexibility index (Phi) is 2.63. The maximum atomic E-state index is 12.7. The van der Waals surface area contributed by atoms with Crippen molar-refractivity contribution in [2.45, 2.75) is 40.0 Å². The first-order valence-corrected chi connectivity index (χ1v) is 7.14. The number of rotatable bonds is 2. The molecule has 0 spiro atoms. The highest BCUT2D eigenvalue weighted by atomic mass is 16.5. The Morgan fingerprint density at radius 1 is 1.10 bits per heavy atom. The number of fused-ring (bicyclic) bond motifs is 2. The molecule has 0 heterocycles. The fraction of sp³-hybridized carbons (Fsp3) is 0.529. The zero-order chi connectivity index (χ0) is 14.6. The second-order valence-corrected chi connectivity index (χ2v) is 6.84. The molecule has 1 aromatic carbocycles. The van der Waals surface area contributed by atoms with Gasteiger partial charge in [-0.3, -0.25) is 9.59 Å². The smallest absolute Gasteiger partial charge is 0.318 e. The van der Waals surface area contributed by atoms with Crippen LogP contribution in [0.2, 0.25) is 0 Å². The number of carbonyl (C=O) groups is 2. The van der Waals surface area contributed by atoms with Crippen molar-refractivity contribution in [3.63, 3.8) is 0 Å².